The van der Waals surface area contributed by atoms with Gasteiger partial charge < -0.3 is 30.1 Å². The lowest BCUT2D eigenvalue weighted by Crippen LogP contribution is -2.35. The Labute approximate surface area is 254 Å². The number of rotatable bonds is 13. The summed E-state index contributed by atoms with van der Waals surface area (Å²) in [6, 6.07) is 10.8. The van der Waals surface area contributed by atoms with Crippen LogP contribution in [0.2, 0.25) is 5.02 Å². The average molecular weight is 611 g/mol. The monoisotopic (exact) mass is 610 g/mol. The number of thiazole rings is 1. The number of fused-ring (bicyclic) bond motifs is 1. The van der Waals surface area contributed by atoms with E-state index in [1.165, 1.54) is 17.7 Å². The van der Waals surface area contributed by atoms with Crippen molar-refractivity contribution >= 4 is 56.4 Å². The van der Waals surface area contributed by atoms with E-state index in [4.69, 9.17) is 26.2 Å². The molecule has 0 spiro atoms. The summed E-state index contributed by atoms with van der Waals surface area (Å²) < 4.78 is 11.8. The smallest absolute Gasteiger partial charge is 0.229 e. The number of anilines is 3. The summed E-state index contributed by atoms with van der Waals surface area (Å²) >= 11 is 7.38. The van der Waals surface area contributed by atoms with Gasteiger partial charge in [-0.25, -0.2) is 15.0 Å². The first-order chi connectivity index (χ1) is 20.5. The lowest BCUT2D eigenvalue weighted by molar-refractivity contribution is -0.115. The van der Waals surface area contributed by atoms with Crippen LogP contribution < -0.4 is 20.1 Å². The molecule has 0 aliphatic carbocycles. The molecule has 1 amide bonds. The number of hydrogen-bond acceptors (Lipinski definition) is 10. The Kier molecular flexibility index (Phi) is 10.4. The maximum atomic E-state index is 12.5. The second kappa shape index (κ2) is 14.6. The molecule has 1 saturated heterocycles. The molecule has 42 heavy (non-hydrogen) atoms. The number of carbonyl (C=O) groups excluding carboxylic acids is 1. The minimum atomic E-state index is -0.153. The van der Waals surface area contributed by atoms with Gasteiger partial charge in [0.1, 0.15) is 12.1 Å². The molecule has 12 heteroatoms. The lowest BCUT2D eigenvalue weighted by Gasteiger charge is -2.31. The van der Waals surface area contributed by atoms with Gasteiger partial charge in [-0.15, -0.1) is 11.3 Å². The number of amides is 1. The van der Waals surface area contributed by atoms with Gasteiger partial charge in [0.15, 0.2) is 16.6 Å². The van der Waals surface area contributed by atoms with E-state index in [-0.39, 0.29) is 18.9 Å². The minimum absolute atomic E-state index is 0.153. The molecule has 5 rings (SSSR count). The number of ether oxygens (including phenoxy) is 2. The number of halogens is 1. The molecule has 2 aromatic carbocycles. The van der Waals surface area contributed by atoms with Crippen LogP contribution in [0, 0.1) is 5.92 Å². The third kappa shape index (κ3) is 8.07. The highest BCUT2D eigenvalue weighted by atomic mass is 35.5. The molecular formula is C30H35ClN6O4S. The summed E-state index contributed by atoms with van der Waals surface area (Å²) in [5.41, 5.74) is 1.36. The van der Waals surface area contributed by atoms with E-state index in [9.17, 15) is 4.79 Å². The summed E-state index contributed by atoms with van der Waals surface area (Å²) in [5.74, 6) is 2.31. The summed E-state index contributed by atoms with van der Waals surface area (Å²) in [6.45, 7) is 3.99. The number of aliphatic hydroxyl groups is 1. The van der Waals surface area contributed by atoms with Crippen LogP contribution in [0.3, 0.4) is 0 Å². The van der Waals surface area contributed by atoms with Crippen LogP contribution in [0.4, 0.5) is 16.6 Å². The third-order valence-electron chi connectivity index (χ3n) is 7.26. The van der Waals surface area contributed by atoms with Crippen molar-refractivity contribution in [1.82, 2.24) is 19.9 Å². The largest absolute Gasteiger partial charge is 0.493 e. The van der Waals surface area contributed by atoms with Crippen molar-refractivity contribution in [2.45, 2.75) is 32.1 Å². The van der Waals surface area contributed by atoms with Crippen LogP contribution in [0.5, 0.6) is 11.5 Å². The molecule has 10 nitrogen and oxygen atoms in total. The van der Waals surface area contributed by atoms with Crippen LogP contribution in [0.15, 0.2) is 48.9 Å². The summed E-state index contributed by atoms with van der Waals surface area (Å²) in [7, 11) is 1.61. The number of carbonyl (C=O) groups is 1. The fraction of sp³-hybridized carbons (Fsp3) is 0.400. The topological polar surface area (TPSA) is 122 Å². The SMILES string of the molecule is COc1cc2c(Nc3ncc(CC(=O)Nc4cccc(Cl)c4)s3)ncnc2cc1OCCCN1CCC(CCO)CC1. The van der Waals surface area contributed by atoms with E-state index < -0.39 is 0 Å². The van der Waals surface area contributed by atoms with Crippen LogP contribution in [0.1, 0.15) is 30.6 Å². The Morgan fingerprint density at radius 2 is 2.02 bits per heavy atom. The number of aromatic nitrogens is 3. The van der Waals surface area contributed by atoms with Gasteiger partial charge in [-0.05, 0) is 69.0 Å². The first-order valence-corrected chi connectivity index (χ1v) is 15.3. The van der Waals surface area contributed by atoms with Crippen molar-refractivity contribution in [3.8, 4) is 11.5 Å². The van der Waals surface area contributed by atoms with Gasteiger partial charge in [-0.3, -0.25) is 4.79 Å². The van der Waals surface area contributed by atoms with Gasteiger partial charge in [0, 0.05) is 46.4 Å². The third-order valence-corrected chi connectivity index (χ3v) is 8.41. The summed E-state index contributed by atoms with van der Waals surface area (Å²) in [4.78, 5) is 29.1. The van der Waals surface area contributed by atoms with Gasteiger partial charge in [-0.2, -0.15) is 0 Å². The molecule has 222 valence electrons. The Hall–Kier alpha value is -3.51. The van der Waals surface area contributed by atoms with Gasteiger partial charge in [0.05, 0.1) is 25.7 Å². The van der Waals surface area contributed by atoms with Crippen molar-refractivity contribution in [1.29, 1.82) is 0 Å². The van der Waals surface area contributed by atoms with Gasteiger partial charge in [0.2, 0.25) is 5.91 Å². The molecule has 0 radical (unpaired) electrons. The molecule has 3 N–H and O–H groups in total. The molecule has 3 heterocycles. The van der Waals surface area contributed by atoms with Crippen LogP contribution >= 0.6 is 22.9 Å². The standard InChI is InChI=1S/C30H35ClN6O4S/c1-40-26-16-24-25(17-27(26)41-13-3-9-37-10-6-20(7-11-37)8-12-38)33-19-34-29(24)36-30-32-18-23(42-30)15-28(39)35-22-5-2-4-21(31)14-22/h2,4-5,14,16-20,38H,3,6-13,15H2,1H3,(H,35,39)(H,32,33,34,36). The van der Waals surface area contributed by atoms with Crippen LogP contribution in [-0.4, -0.2) is 70.8 Å². The zero-order valence-corrected chi connectivity index (χ0v) is 25.1. The highest BCUT2D eigenvalue weighted by Gasteiger charge is 2.19. The molecule has 0 saturated carbocycles. The van der Waals surface area contributed by atoms with Crippen molar-refractivity contribution < 1.29 is 19.4 Å². The van der Waals surface area contributed by atoms with E-state index >= 15 is 0 Å². The zero-order chi connectivity index (χ0) is 29.3. The van der Waals surface area contributed by atoms with Crippen LogP contribution in [0.25, 0.3) is 10.9 Å². The maximum Gasteiger partial charge on any atom is 0.229 e. The molecular weight excluding hydrogens is 576 g/mol. The fourth-order valence-electron chi connectivity index (χ4n) is 5.07. The number of benzene rings is 2. The molecule has 4 aromatic rings. The number of piperidine rings is 1. The minimum Gasteiger partial charge on any atom is -0.493 e. The number of likely N-dealkylation sites (tertiary alicyclic amines) is 1. The normalized spacial score (nSPS) is 14.2. The lowest BCUT2D eigenvalue weighted by atomic mass is 9.94. The summed E-state index contributed by atoms with van der Waals surface area (Å²) in [6.07, 6.45) is 7.48. The van der Waals surface area contributed by atoms with Crippen molar-refractivity contribution in [2.24, 2.45) is 5.92 Å². The van der Waals surface area contributed by atoms with Crippen LogP contribution in [-0.2, 0) is 11.2 Å². The van der Waals surface area contributed by atoms with E-state index in [1.54, 1.807) is 37.6 Å². The Morgan fingerprint density at radius 1 is 1.17 bits per heavy atom. The number of nitrogens with zero attached hydrogens (tertiary/aromatic N) is 4. The van der Waals surface area contributed by atoms with Gasteiger partial charge in [-0.1, -0.05) is 17.7 Å². The van der Waals surface area contributed by atoms with Gasteiger partial charge >= 0.3 is 0 Å². The molecule has 0 unspecified atom stereocenters. The Bertz CT molecular complexity index is 1490. The average Bonchev–Trinajstić information content (AvgIpc) is 3.42. The molecule has 1 aliphatic heterocycles. The molecule has 1 aliphatic rings. The number of methoxy groups -OCH3 is 1. The second-order valence-corrected chi connectivity index (χ2v) is 11.8. The predicted molar refractivity (Wildman–Crippen MR) is 166 cm³/mol. The first kappa shape index (κ1) is 30.0. The van der Waals surface area contributed by atoms with E-state index in [0.29, 0.717) is 51.2 Å². The fourth-order valence-corrected chi connectivity index (χ4v) is 6.07. The highest BCUT2D eigenvalue weighted by molar-refractivity contribution is 7.15. The van der Waals surface area contributed by atoms with E-state index in [2.05, 4.69) is 30.5 Å². The molecule has 0 bridgehead atoms. The predicted octanol–water partition coefficient (Wildman–Crippen LogP) is 5.54. The number of hydrogen-bond donors (Lipinski definition) is 3. The van der Waals surface area contributed by atoms with Gasteiger partial charge in [0.25, 0.3) is 0 Å². The summed E-state index contributed by atoms with van der Waals surface area (Å²) in [5, 5.41) is 17.2. The quantitative estimate of drug-likeness (QED) is 0.168. The second-order valence-electron chi connectivity index (χ2n) is 10.2. The van der Waals surface area contributed by atoms with Crippen molar-refractivity contribution in [3.63, 3.8) is 0 Å². The molecule has 1 fully saturated rings. The molecule has 0 atom stereocenters. The van der Waals surface area contributed by atoms with E-state index in [1.807, 2.05) is 12.1 Å². The van der Waals surface area contributed by atoms with Crippen molar-refractivity contribution in [3.05, 3.63) is 58.8 Å². The molecule has 2 aromatic heterocycles. The number of nitrogens with one attached hydrogen (secondary N) is 2. The maximum absolute atomic E-state index is 12.5. The van der Waals surface area contributed by atoms with Crippen molar-refractivity contribution in [2.75, 3.05) is 50.6 Å². The highest BCUT2D eigenvalue weighted by Crippen LogP contribution is 2.35. The Morgan fingerprint density at radius 3 is 2.81 bits per heavy atom. The van der Waals surface area contributed by atoms with E-state index in [0.717, 1.165) is 55.6 Å². The number of aliphatic hydroxyl groups excluding tert-OH is 1. The first-order valence-electron chi connectivity index (χ1n) is 14.1. The zero-order valence-electron chi connectivity index (χ0n) is 23.5. The Balaban J connectivity index is 1.17.